The number of carboxylic acid groups (broad SMARTS) is 1. The lowest BCUT2D eigenvalue weighted by atomic mass is 10.1. The van der Waals surface area contributed by atoms with Crippen LogP contribution >= 0.6 is 0 Å². The number of benzene rings is 1. The second-order valence-electron chi connectivity index (χ2n) is 7.23. The van der Waals surface area contributed by atoms with Gasteiger partial charge in [0.1, 0.15) is 6.54 Å². The van der Waals surface area contributed by atoms with Crippen LogP contribution in [0.1, 0.15) is 50.0 Å². The maximum Gasteiger partial charge on any atom is 0.323 e. The number of carbonyl (C=O) groups is 2. The molecule has 1 amide bonds. The predicted octanol–water partition coefficient (Wildman–Crippen LogP) is 2.62. The van der Waals surface area contributed by atoms with Crippen LogP contribution in [0.4, 0.5) is 0 Å². The summed E-state index contributed by atoms with van der Waals surface area (Å²) in [6.45, 7) is 10.3. The van der Waals surface area contributed by atoms with E-state index in [0.717, 1.165) is 25.2 Å². The molecule has 0 saturated carbocycles. The number of amides is 1. The van der Waals surface area contributed by atoms with Crippen LogP contribution in [-0.4, -0.2) is 64.7 Å². The molecule has 1 saturated heterocycles. The van der Waals surface area contributed by atoms with Crippen LogP contribution in [0, 0.1) is 0 Å². The number of ether oxygens (including phenoxy) is 1. The van der Waals surface area contributed by atoms with Crippen molar-refractivity contribution in [3.63, 3.8) is 0 Å². The lowest BCUT2D eigenvalue weighted by molar-refractivity contribution is -0.138. The highest BCUT2D eigenvalue weighted by Gasteiger charge is 2.24. The fourth-order valence-corrected chi connectivity index (χ4v) is 3.38. The van der Waals surface area contributed by atoms with Gasteiger partial charge < -0.3 is 14.7 Å². The Kier molecular flexibility index (Phi) is 7.17. The molecular formula is C20H30N2O4. The molecule has 0 spiro atoms. The molecule has 1 aromatic rings. The Morgan fingerprint density at radius 1 is 1.23 bits per heavy atom. The molecule has 1 heterocycles. The van der Waals surface area contributed by atoms with Gasteiger partial charge in [0.05, 0.1) is 12.2 Å². The number of carboxylic acids is 1. The minimum Gasteiger partial charge on any atom is -0.480 e. The summed E-state index contributed by atoms with van der Waals surface area (Å²) < 4.78 is 5.76. The second-order valence-corrected chi connectivity index (χ2v) is 7.23. The Morgan fingerprint density at radius 2 is 1.81 bits per heavy atom. The summed E-state index contributed by atoms with van der Waals surface area (Å²) in [7, 11) is 0. The average Bonchev–Trinajstić information content (AvgIpc) is 2.58. The second kappa shape index (κ2) is 9.14. The van der Waals surface area contributed by atoms with Gasteiger partial charge >= 0.3 is 5.97 Å². The molecule has 0 bridgehead atoms. The molecule has 1 aliphatic rings. The van der Waals surface area contributed by atoms with Gasteiger partial charge in [-0.3, -0.25) is 14.5 Å². The van der Waals surface area contributed by atoms with E-state index in [4.69, 9.17) is 9.84 Å². The molecule has 6 nitrogen and oxygen atoms in total. The van der Waals surface area contributed by atoms with Crippen molar-refractivity contribution in [2.45, 2.75) is 58.9 Å². The highest BCUT2D eigenvalue weighted by atomic mass is 16.5. The Bertz CT molecular complexity index is 607. The molecule has 1 aromatic carbocycles. The van der Waals surface area contributed by atoms with E-state index in [0.29, 0.717) is 12.0 Å². The van der Waals surface area contributed by atoms with Gasteiger partial charge in [-0.1, -0.05) is 19.1 Å². The van der Waals surface area contributed by atoms with Crippen molar-refractivity contribution in [1.29, 1.82) is 0 Å². The molecule has 0 radical (unpaired) electrons. The van der Waals surface area contributed by atoms with Gasteiger partial charge in [0.2, 0.25) is 0 Å². The van der Waals surface area contributed by atoms with Gasteiger partial charge in [-0.2, -0.15) is 0 Å². The summed E-state index contributed by atoms with van der Waals surface area (Å²) in [5.74, 6) is -1.23. The van der Waals surface area contributed by atoms with E-state index in [1.807, 2.05) is 26.0 Å². The Labute approximate surface area is 155 Å². The standard InChI is InChI=1S/C20H30N2O4/c1-5-14(2)22(13-19(23)24)20(25)18-8-6-17(7-9-18)12-21-10-15(3)26-16(4)11-21/h6-9,14-16H,5,10-13H2,1-4H3,(H,23,24)/t14-,15-,16-/m0/s1. The highest BCUT2D eigenvalue weighted by Crippen LogP contribution is 2.16. The maximum absolute atomic E-state index is 12.7. The molecule has 26 heavy (non-hydrogen) atoms. The molecule has 0 unspecified atom stereocenters. The fourth-order valence-electron chi connectivity index (χ4n) is 3.38. The summed E-state index contributed by atoms with van der Waals surface area (Å²) in [5.41, 5.74) is 1.66. The number of rotatable bonds is 7. The zero-order chi connectivity index (χ0) is 19.3. The fraction of sp³-hybridized carbons (Fsp3) is 0.600. The van der Waals surface area contributed by atoms with Gasteiger partial charge in [-0.15, -0.1) is 0 Å². The molecular weight excluding hydrogens is 332 g/mol. The molecule has 3 atom stereocenters. The molecule has 1 fully saturated rings. The SMILES string of the molecule is CC[C@H](C)N(CC(=O)O)C(=O)c1ccc(CN2C[C@H](C)O[C@@H](C)C2)cc1. The van der Waals surface area contributed by atoms with E-state index in [2.05, 4.69) is 18.7 Å². The summed E-state index contributed by atoms with van der Waals surface area (Å²) in [6.07, 6.45) is 1.16. The van der Waals surface area contributed by atoms with Gasteiger partial charge in [0, 0.05) is 31.2 Å². The van der Waals surface area contributed by atoms with Crippen molar-refractivity contribution >= 4 is 11.9 Å². The van der Waals surface area contributed by atoms with Crippen LogP contribution in [0.5, 0.6) is 0 Å². The summed E-state index contributed by atoms with van der Waals surface area (Å²) in [6, 6.07) is 7.38. The van der Waals surface area contributed by atoms with Crippen molar-refractivity contribution in [3.05, 3.63) is 35.4 Å². The highest BCUT2D eigenvalue weighted by molar-refractivity contribution is 5.96. The largest absolute Gasteiger partial charge is 0.480 e. The number of nitrogens with zero attached hydrogens (tertiary/aromatic N) is 2. The van der Waals surface area contributed by atoms with Gasteiger partial charge in [-0.05, 0) is 44.9 Å². The summed E-state index contributed by atoms with van der Waals surface area (Å²) in [5, 5.41) is 9.08. The van der Waals surface area contributed by atoms with Crippen molar-refractivity contribution in [2.75, 3.05) is 19.6 Å². The summed E-state index contributed by atoms with van der Waals surface area (Å²) in [4.78, 5) is 27.6. The molecule has 2 rings (SSSR count). The normalized spacial score (nSPS) is 22.0. The van der Waals surface area contributed by atoms with Crippen molar-refractivity contribution in [3.8, 4) is 0 Å². The number of hydrogen-bond donors (Lipinski definition) is 1. The van der Waals surface area contributed by atoms with E-state index in [9.17, 15) is 9.59 Å². The van der Waals surface area contributed by atoms with Crippen molar-refractivity contribution in [2.24, 2.45) is 0 Å². The summed E-state index contributed by atoms with van der Waals surface area (Å²) >= 11 is 0. The van der Waals surface area contributed by atoms with Crippen molar-refractivity contribution < 1.29 is 19.4 Å². The third-order valence-electron chi connectivity index (χ3n) is 4.79. The molecule has 0 aromatic heterocycles. The van der Waals surface area contributed by atoms with Crippen LogP contribution in [0.15, 0.2) is 24.3 Å². The van der Waals surface area contributed by atoms with E-state index < -0.39 is 5.97 Å². The van der Waals surface area contributed by atoms with E-state index >= 15 is 0 Å². The molecule has 0 aliphatic carbocycles. The molecule has 6 heteroatoms. The first kappa shape index (κ1) is 20.4. The van der Waals surface area contributed by atoms with Gasteiger partial charge in [0.15, 0.2) is 0 Å². The Balaban J connectivity index is 2.05. The lowest BCUT2D eigenvalue weighted by Gasteiger charge is -2.35. The van der Waals surface area contributed by atoms with E-state index in [1.165, 1.54) is 4.90 Å². The molecule has 1 N–H and O–H groups in total. The zero-order valence-electron chi connectivity index (χ0n) is 16.1. The number of hydrogen-bond acceptors (Lipinski definition) is 4. The quantitative estimate of drug-likeness (QED) is 0.807. The Morgan fingerprint density at radius 3 is 2.31 bits per heavy atom. The average molecular weight is 362 g/mol. The van der Waals surface area contributed by atoms with Gasteiger partial charge in [0.25, 0.3) is 5.91 Å². The van der Waals surface area contributed by atoms with E-state index in [-0.39, 0.29) is 30.7 Å². The minimum atomic E-state index is -0.995. The molecule has 144 valence electrons. The number of morpholine rings is 1. The smallest absolute Gasteiger partial charge is 0.323 e. The van der Waals surface area contributed by atoms with Crippen LogP contribution in [0.3, 0.4) is 0 Å². The number of carbonyl (C=O) groups excluding carboxylic acids is 1. The first-order valence-corrected chi connectivity index (χ1v) is 9.29. The first-order valence-electron chi connectivity index (χ1n) is 9.29. The lowest BCUT2D eigenvalue weighted by Crippen LogP contribution is -2.44. The third kappa shape index (κ3) is 5.54. The predicted molar refractivity (Wildman–Crippen MR) is 100 cm³/mol. The third-order valence-corrected chi connectivity index (χ3v) is 4.79. The molecule has 1 aliphatic heterocycles. The topological polar surface area (TPSA) is 70.1 Å². The first-order chi connectivity index (χ1) is 12.3. The van der Waals surface area contributed by atoms with Crippen LogP contribution in [-0.2, 0) is 16.1 Å². The van der Waals surface area contributed by atoms with Crippen LogP contribution < -0.4 is 0 Å². The monoisotopic (exact) mass is 362 g/mol. The van der Waals surface area contributed by atoms with Crippen molar-refractivity contribution in [1.82, 2.24) is 9.80 Å². The van der Waals surface area contributed by atoms with E-state index in [1.54, 1.807) is 12.1 Å². The number of aliphatic carboxylic acids is 1. The zero-order valence-corrected chi connectivity index (χ0v) is 16.1. The maximum atomic E-state index is 12.7. The minimum absolute atomic E-state index is 0.116. The Hall–Kier alpha value is -1.92. The van der Waals surface area contributed by atoms with Crippen LogP contribution in [0.2, 0.25) is 0 Å². The van der Waals surface area contributed by atoms with Gasteiger partial charge in [-0.25, -0.2) is 0 Å². The van der Waals surface area contributed by atoms with Crippen LogP contribution in [0.25, 0.3) is 0 Å².